The van der Waals surface area contributed by atoms with Gasteiger partial charge in [-0.05, 0) is 46.8 Å². The molecule has 27 heavy (non-hydrogen) atoms. The highest BCUT2D eigenvalue weighted by Gasteiger charge is 2.15. The van der Waals surface area contributed by atoms with Crippen molar-refractivity contribution in [1.82, 2.24) is 30.8 Å². The first-order valence-electron chi connectivity index (χ1n) is 8.12. The highest BCUT2D eigenvalue weighted by Crippen LogP contribution is 2.23. The molecule has 0 aliphatic carbocycles. The Morgan fingerprint density at radius 2 is 1.96 bits per heavy atom. The number of hydrogen-bond donors (Lipinski definition) is 2. The molecule has 0 aliphatic rings. The van der Waals surface area contributed by atoms with Gasteiger partial charge in [0.2, 0.25) is 11.1 Å². The molecule has 8 nitrogen and oxygen atoms in total. The van der Waals surface area contributed by atoms with Crippen LogP contribution in [0.3, 0.4) is 0 Å². The van der Waals surface area contributed by atoms with Gasteiger partial charge < -0.3 is 5.32 Å². The fourth-order valence-corrected chi connectivity index (χ4v) is 3.79. The van der Waals surface area contributed by atoms with Gasteiger partial charge in [0.1, 0.15) is 0 Å². The van der Waals surface area contributed by atoms with E-state index in [1.165, 1.54) is 23.1 Å². The van der Waals surface area contributed by atoms with Gasteiger partial charge in [0.25, 0.3) is 0 Å². The van der Waals surface area contributed by atoms with Crippen molar-refractivity contribution < 1.29 is 9.59 Å². The van der Waals surface area contributed by atoms with Crippen LogP contribution in [0.5, 0.6) is 0 Å². The Bertz CT molecular complexity index is 919. The monoisotopic (exact) mass is 402 g/mol. The zero-order valence-corrected chi connectivity index (χ0v) is 16.4. The molecule has 0 fully saturated rings. The second-order valence-corrected chi connectivity index (χ2v) is 7.69. The molecule has 140 valence electrons. The summed E-state index contributed by atoms with van der Waals surface area (Å²) in [7, 11) is 0. The second kappa shape index (κ2) is 8.78. The molecule has 3 amide bonds. The highest BCUT2D eigenvalue weighted by atomic mass is 32.2. The van der Waals surface area contributed by atoms with Gasteiger partial charge in [-0.2, -0.15) is 4.68 Å². The van der Waals surface area contributed by atoms with Crippen LogP contribution in [-0.2, 0) is 11.3 Å². The van der Waals surface area contributed by atoms with Crippen molar-refractivity contribution >= 4 is 35.0 Å². The van der Waals surface area contributed by atoms with E-state index in [1.54, 1.807) is 4.68 Å². The summed E-state index contributed by atoms with van der Waals surface area (Å²) in [5.41, 5.74) is 2.95. The molecule has 10 heteroatoms. The third kappa shape index (κ3) is 4.92. The van der Waals surface area contributed by atoms with Crippen molar-refractivity contribution in [2.45, 2.75) is 25.5 Å². The zero-order chi connectivity index (χ0) is 19.2. The van der Waals surface area contributed by atoms with E-state index in [1.807, 2.05) is 49.6 Å². The molecule has 0 bridgehead atoms. The zero-order valence-electron chi connectivity index (χ0n) is 14.8. The molecule has 0 unspecified atom stereocenters. The summed E-state index contributed by atoms with van der Waals surface area (Å²) in [6, 6.07) is 9.21. The molecule has 0 saturated heterocycles. The predicted molar refractivity (Wildman–Crippen MR) is 104 cm³/mol. The van der Waals surface area contributed by atoms with E-state index in [2.05, 4.69) is 26.2 Å². The first-order valence-corrected chi connectivity index (χ1v) is 9.99. The Morgan fingerprint density at radius 3 is 2.67 bits per heavy atom. The van der Waals surface area contributed by atoms with Crippen molar-refractivity contribution in [3.05, 3.63) is 51.7 Å². The summed E-state index contributed by atoms with van der Waals surface area (Å²) in [6.45, 7) is 4.33. The van der Waals surface area contributed by atoms with Crippen LogP contribution in [0.1, 0.15) is 16.0 Å². The Balaban J connectivity index is 1.55. The topological polar surface area (TPSA) is 102 Å². The number of nitrogens with zero attached hydrogens (tertiary/aromatic N) is 4. The van der Waals surface area contributed by atoms with Gasteiger partial charge in [-0.1, -0.05) is 36.0 Å². The molecular formula is C17H18N6O2S2. The fourth-order valence-electron chi connectivity index (χ4n) is 2.47. The van der Waals surface area contributed by atoms with Gasteiger partial charge in [-0.3, -0.25) is 10.1 Å². The molecule has 2 heterocycles. The minimum atomic E-state index is -0.525. The van der Waals surface area contributed by atoms with Crippen molar-refractivity contribution in [3.8, 4) is 5.69 Å². The van der Waals surface area contributed by atoms with Crippen LogP contribution in [0.15, 0.2) is 40.9 Å². The number of thiophene rings is 1. The largest absolute Gasteiger partial charge is 0.333 e. The first-order chi connectivity index (χ1) is 13.0. The van der Waals surface area contributed by atoms with Gasteiger partial charge in [-0.25, -0.2) is 4.79 Å². The number of nitrogens with one attached hydrogen (secondary N) is 2. The summed E-state index contributed by atoms with van der Waals surface area (Å²) in [6.07, 6.45) is 0. The SMILES string of the molecule is Cc1cccc(C)c1-n1nnnc1SCC(=O)NC(=O)NCc1cccs1. The first kappa shape index (κ1) is 19.1. The van der Waals surface area contributed by atoms with Crippen LogP contribution in [0.4, 0.5) is 4.79 Å². The summed E-state index contributed by atoms with van der Waals surface area (Å²) >= 11 is 2.71. The number of thioether (sulfide) groups is 1. The number of para-hydroxylation sites is 1. The van der Waals surface area contributed by atoms with Crippen molar-refractivity contribution in [1.29, 1.82) is 0 Å². The molecule has 0 saturated carbocycles. The Labute approximate surface area is 164 Å². The maximum absolute atomic E-state index is 12.0. The molecular weight excluding hydrogens is 384 g/mol. The van der Waals surface area contributed by atoms with E-state index in [-0.39, 0.29) is 5.75 Å². The summed E-state index contributed by atoms with van der Waals surface area (Å²) in [4.78, 5) is 24.8. The Morgan fingerprint density at radius 1 is 1.19 bits per heavy atom. The lowest BCUT2D eigenvalue weighted by Gasteiger charge is -2.10. The van der Waals surface area contributed by atoms with Gasteiger partial charge in [0.15, 0.2) is 0 Å². The number of hydrogen-bond acceptors (Lipinski definition) is 7. The van der Waals surface area contributed by atoms with E-state index < -0.39 is 11.9 Å². The second-order valence-electron chi connectivity index (χ2n) is 5.71. The van der Waals surface area contributed by atoms with Gasteiger partial charge >= 0.3 is 6.03 Å². The lowest BCUT2D eigenvalue weighted by atomic mass is 10.1. The normalized spacial score (nSPS) is 10.6. The number of tetrazole rings is 1. The number of aryl methyl sites for hydroxylation is 2. The van der Waals surface area contributed by atoms with Crippen molar-refractivity contribution in [3.63, 3.8) is 0 Å². The van der Waals surface area contributed by atoms with Crippen LogP contribution in [0.2, 0.25) is 0 Å². The average molecular weight is 403 g/mol. The average Bonchev–Trinajstić information content (AvgIpc) is 3.30. The molecule has 0 atom stereocenters. The van der Waals surface area contributed by atoms with Crippen LogP contribution < -0.4 is 10.6 Å². The quantitative estimate of drug-likeness (QED) is 0.614. The number of imide groups is 1. The van der Waals surface area contributed by atoms with Crippen LogP contribution >= 0.6 is 23.1 Å². The van der Waals surface area contributed by atoms with Crippen LogP contribution in [-0.4, -0.2) is 37.9 Å². The van der Waals surface area contributed by atoms with E-state index in [0.717, 1.165) is 21.7 Å². The standard InChI is InChI=1S/C17H18N6O2S2/c1-11-5-3-6-12(2)15(11)23-17(20-21-22-23)27-10-14(24)19-16(25)18-9-13-7-4-8-26-13/h3-8H,9-10H2,1-2H3,(H2,18,19,24,25). The third-order valence-corrected chi connectivity index (χ3v) is 5.48. The number of carbonyl (C=O) groups excluding carboxylic acids is 2. The van der Waals surface area contributed by atoms with E-state index in [0.29, 0.717) is 11.7 Å². The molecule has 3 aromatic rings. The molecule has 0 radical (unpaired) electrons. The number of carbonyl (C=O) groups is 2. The van der Waals surface area contributed by atoms with Crippen molar-refractivity contribution in [2.24, 2.45) is 0 Å². The number of urea groups is 1. The summed E-state index contributed by atoms with van der Waals surface area (Å²) < 4.78 is 1.61. The van der Waals surface area contributed by atoms with Gasteiger partial charge in [0, 0.05) is 4.88 Å². The van der Waals surface area contributed by atoms with Crippen LogP contribution in [0.25, 0.3) is 5.69 Å². The maximum Gasteiger partial charge on any atom is 0.321 e. The number of rotatable bonds is 6. The number of aromatic nitrogens is 4. The molecule has 0 spiro atoms. The molecule has 2 N–H and O–H groups in total. The van der Waals surface area contributed by atoms with E-state index in [9.17, 15) is 9.59 Å². The molecule has 3 rings (SSSR count). The Hall–Kier alpha value is -2.72. The molecule has 0 aliphatic heterocycles. The molecule has 1 aromatic carbocycles. The lowest BCUT2D eigenvalue weighted by Crippen LogP contribution is -2.39. The lowest BCUT2D eigenvalue weighted by molar-refractivity contribution is -0.117. The number of benzene rings is 1. The maximum atomic E-state index is 12.0. The van der Waals surface area contributed by atoms with Crippen molar-refractivity contribution in [2.75, 3.05) is 5.75 Å². The number of amides is 3. The third-order valence-electron chi connectivity index (χ3n) is 3.68. The summed E-state index contributed by atoms with van der Waals surface area (Å²) in [5.74, 6) is -0.391. The minimum Gasteiger partial charge on any atom is -0.333 e. The van der Waals surface area contributed by atoms with Gasteiger partial charge in [-0.15, -0.1) is 16.4 Å². The van der Waals surface area contributed by atoms with E-state index >= 15 is 0 Å². The predicted octanol–water partition coefficient (Wildman–Crippen LogP) is 2.46. The summed E-state index contributed by atoms with van der Waals surface area (Å²) in [5, 5.41) is 19.1. The molecule has 2 aromatic heterocycles. The van der Waals surface area contributed by atoms with Gasteiger partial charge in [0.05, 0.1) is 18.0 Å². The smallest absolute Gasteiger partial charge is 0.321 e. The Kier molecular flexibility index (Phi) is 6.20. The fraction of sp³-hybridized carbons (Fsp3) is 0.235. The minimum absolute atomic E-state index is 0.0255. The van der Waals surface area contributed by atoms with Crippen LogP contribution in [0, 0.1) is 13.8 Å². The van der Waals surface area contributed by atoms with E-state index in [4.69, 9.17) is 0 Å². The highest BCUT2D eigenvalue weighted by molar-refractivity contribution is 7.99.